The SMILES string of the molecule is Nc1c(OC(F)F)nc2ccccc2c1[N+](=O)[O-]. The van der Waals surface area contributed by atoms with Crippen LogP contribution in [-0.4, -0.2) is 16.5 Å². The van der Waals surface area contributed by atoms with Crippen molar-refractivity contribution in [2.24, 2.45) is 0 Å². The summed E-state index contributed by atoms with van der Waals surface area (Å²) in [5, 5.41) is 11.1. The molecular weight excluding hydrogens is 248 g/mol. The number of nitrogens with two attached hydrogens (primary N) is 1. The van der Waals surface area contributed by atoms with E-state index in [1.165, 1.54) is 12.1 Å². The molecule has 2 aromatic rings. The van der Waals surface area contributed by atoms with Crippen LogP contribution in [-0.2, 0) is 0 Å². The standard InChI is InChI=1S/C10H7F2N3O3/c11-10(12)18-9-7(13)8(15(16)17)5-3-1-2-4-6(5)14-9/h1-4,10H,13H2. The van der Waals surface area contributed by atoms with Gasteiger partial charge in [0.15, 0.2) is 5.69 Å². The smallest absolute Gasteiger partial charge is 0.388 e. The Kier molecular flexibility index (Phi) is 2.92. The summed E-state index contributed by atoms with van der Waals surface area (Å²) in [6, 6.07) is 6.01. The van der Waals surface area contributed by atoms with Gasteiger partial charge in [-0.05, 0) is 12.1 Å². The van der Waals surface area contributed by atoms with Crippen LogP contribution in [0.15, 0.2) is 24.3 Å². The summed E-state index contributed by atoms with van der Waals surface area (Å²) < 4.78 is 28.4. The van der Waals surface area contributed by atoms with Gasteiger partial charge in [-0.1, -0.05) is 12.1 Å². The van der Waals surface area contributed by atoms with E-state index < -0.39 is 28.8 Å². The number of nitrogens with zero attached hydrogens (tertiary/aromatic N) is 2. The van der Waals surface area contributed by atoms with E-state index in [-0.39, 0.29) is 10.9 Å². The van der Waals surface area contributed by atoms with Crippen LogP contribution in [0.2, 0.25) is 0 Å². The van der Waals surface area contributed by atoms with Crippen molar-refractivity contribution in [3.63, 3.8) is 0 Å². The molecular formula is C10H7F2N3O3. The normalized spacial score (nSPS) is 10.8. The van der Waals surface area contributed by atoms with Gasteiger partial charge in [0, 0.05) is 0 Å². The van der Waals surface area contributed by atoms with Gasteiger partial charge in [-0.25, -0.2) is 4.98 Å². The number of nitro groups is 1. The van der Waals surface area contributed by atoms with Crippen LogP contribution in [0.5, 0.6) is 5.88 Å². The van der Waals surface area contributed by atoms with Crippen LogP contribution in [0.4, 0.5) is 20.2 Å². The fourth-order valence-corrected chi connectivity index (χ4v) is 1.56. The molecule has 6 nitrogen and oxygen atoms in total. The molecule has 0 aliphatic carbocycles. The number of pyridine rings is 1. The molecule has 0 aliphatic rings. The molecule has 1 aromatic heterocycles. The highest BCUT2D eigenvalue weighted by Crippen LogP contribution is 2.36. The zero-order valence-corrected chi connectivity index (χ0v) is 8.84. The second-order valence-corrected chi connectivity index (χ2v) is 3.33. The summed E-state index contributed by atoms with van der Waals surface area (Å²) in [7, 11) is 0. The molecule has 0 unspecified atom stereocenters. The molecule has 1 heterocycles. The first-order valence-corrected chi connectivity index (χ1v) is 4.78. The molecule has 0 bridgehead atoms. The summed E-state index contributed by atoms with van der Waals surface area (Å²) in [6.45, 7) is -3.15. The topological polar surface area (TPSA) is 91.3 Å². The lowest BCUT2D eigenvalue weighted by Crippen LogP contribution is -2.08. The number of benzene rings is 1. The van der Waals surface area contributed by atoms with Gasteiger partial charge in [-0.15, -0.1) is 0 Å². The van der Waals surface area contributed by atoms with Crippen LogP contribution < -0.4 is 10.5 Å². The van der Waals surface area contributed by atoms with Crippen molar-refractivity contribution in [1.82, 2.24) is 4.98 Å². The molecule has 18 heavy (non-hydrogen) atoms. The van der Waals surface area contributed by atoms with E-state index in [9.17, 15) is 18.9 Å². The Morgan fingerprint density at radius 3 is 2.67 bits per heavy atom. The predicted octanol–water partition coefficient (Wildman–Crippen LogP) is 2.33. The summed E-state index contributed by atoms with van der Waals surface area (Å²) in [6.07, 6.45) is 0. The molecule has 94 valence electrons. The zero-order chi connectivity index (χ0) is 13.3. The first kappa shape index (κ1) is 12.0. The summed E-state index contributed by atoms with van der Waals surface area (Å²) in [4.78, 5) is 13.9. The molecule has 0 radical (unpaired) electrons. The number of halogens is 2. The molecule has 0 saturated heterocycles. The van der Waals surface area contributed by atoms with E-state index in [0.717, 1.165) is 0 Å². The zero-order valence-electron chi connectivity index (χ0n) is 8.84. The number of nitrogen functional groups attached to an aromatic ring is 1. The number of ether oxygens (including phenoxy) is 1. The first-order chi connectivity index (χ1) is 8.50. The number of anilines is 1. The summed E-state index contributed by atoms with van der Waals surface area (Å²) in [5.74, 6) is -0.643. The fraction of sp³-hybridized carbons (Fsp3) is 0.100. The Balaban J connectivity index is 2.75. The van der Waals surface area contributed by atoms with E-state index in [1.807, 2.05) is 0 Å². The maximum atomic E-state index is 12.1. The van der Waals surface area contributed by atoms with Crippen LogP contribution in [0.3, 0.4) is 0 Å². The van der Waals surface area contributed by atoms with E-state index in [0.29, 0.717) is 0 Å². The second-order valence-electron chi connectivity index (χ2n) is 3.33. The minimum absolute atomic E-state index is 0.161. The molecule has 0 atom stereocenters. The van der Waals surface area contributed by atoms with Crippen LogP contribution in [0.25, 0.3) is 10.9 Å². The second kappa shape index (κ2) is 4.40. The van der Waals surface area contributed by atoms with E-state index in [1.54, 1.807) is 12.1 Å². The number of fused-ring (bicyclic) bond motifs is 1. The third kappa shape index (κ3) is 1.99. The number of para-hydroxylation sites is 1. The predicted molar refractivity (Wildman–Crippen MR) is 59.4 cm³/mol. The number of hydrogen-bond acceptors (Lipinski definition) is 5. The highest BCUT2D eigenvalue weighted by atomic mass is 19.3. The molecule has 0 fully saturated rings. The Hall–Kier alpha value is -2.51. The maximum Gasteiger partial charge on any atom is 0.388 e. The molecule has 0 amide bonds. The Labute approximate surface area is 99.1 Å². The monoisotopic (exact) mass is 255 g/mol. The average Bonchev–Trinajstić information content (AvgIpc) is 2.29. The van der Waals surface area contributed by atoms with Crippen molar-refractivity contribution in [1.29, 1.82) is 0 Å². The van der Waals surface area contributed by atoms with Crippen molar-refractivity contribution >= 4 is 22.3 Å². The van der Waals surface area contributed by atoms with Crippen LogP contribution in [0, 0.1) is 10.1 Å². The Bertz CT molecular complexity index is 619. The largest absolute Gasteiger partial charge is 0.414 e. The fourth-order valence-electron chi connectivity index (χ4n) is 1.56. The van der Waals surface area contributed by atoms with Gasteiger partial charge < -0.3 is 10.5 Å². The van der Waals surface area contributed by atoms with Gasteiger partial charge >= 0.3 is 12.3 Å². The Morgan fingerprint density at radius 2 is 2.06 bits per heavy atom. The average molecular weight is 255 g/mol. The number of hydrogen-bond donors (Lipinski definition) is 1. The molecule has 0 aliphatic heterocycles. The maximum absolute atomic E-state index is 12.1. The minimum atomic E-state index is -3.15. The molecule has 2 rings (SSSR count). The Morgan fingerprint density at radius 1 is 1.39 bits per heavy atom. The number of aromatic nitrogens is 1. The summed E-state index contributed by atoms with van der Waals surface area (Å²) in [5.41, 5.74) is 4.59. The van der Waals surface area contributed by atoms with Crippen molar-refractivity contribution in [3.8, 4) is 5.88 Å². The lowest BCUT2D eigenvalue weighted by molar-refractivity contribution is -0.382. The lowest BCUT2D eigenvalue weighted by Gasteiger charge is -2.08. The third-order valence-electron chi connectivity index (χ3n) is 2.25. The molecule has 0 saturated carbocycles. The highest BCUT2D eigenvalue weighted by molar-refractivity contribution is 5.94. The highest BCUT2D eigenvalue weighted by Gasteiger charge is 2.24. The van der Waals surface area contributed by atoms with Crippen molar-refractivity contribution in [2.75, 3.05) is 5.73 Å². The summed E-state index contributed by atoms with van der Waals surface area (Å²) >= 11 is 0. The lowest BCUT2D eigenvalue weighted by atomic mass is 10.1. The van der Waals surface area contributed by atoms with E-state index >= 15 is 0 Å². The molecule has 1 aromatic carbocycles. The van der Waals surface area contributed by atoms with Crippen molar-refractivity contribution in [3.05, 3.63) is 34.4 Å². The van der Waals surface area contributed by atoms with Gasteiger partial charge in [0.2, 0.25) is 5.88 Å². The van der Waals surface area contributed by atoms with Gasteiger partial charge in [0.05, 0.1) is 15.8 Å². The van der Waals surface area contributed by atoms with Gasteiger partial charge in [0.1, 0.15) is 0 Å². The quantitative estimate of drug-likeness (QED) is 0.671. The van der Waals surface area contributed by atoms with E-state index in [4.69, 9.17) is 5.73 Å². The van der Waals surface area contributed by atoms with Gasteiger partial charge in [-0.3, -0.25) is 10.1 Å². The third-order valence-corrected chi connectivity index (χ3v) is 2.25. The van der Waals surface area contributed by atoms with E-state index in [2.05, 4.69) is 9.72 Å². The number of alkyl halides is 2. The van der Waals surface area contributed by atoms with Crippen LogP contribution in [0.1, 0.15) is 0 Å². The molecule has 2 N–H and O–H groups in total. The molecule has 8 heteroatoms. The molecule has 0 spiro atoms. The number of rotatable bonds is 3. The van der Waals surface area contributed by atoms with Crippen molar-refractivity contribution < 1.29 is 18.4 Å². The van der Waals surface area contributed by atoms with Crippen LogP contribution >= 0.6 is 0 Å². The first-order valence-electron chi connectivity index (χ1n) is 4.78. The van der Waals surface area contributed by atoms with Crippen molar-refractivity contribution in [2.45, 2.75) is 6.61 Å². The van der Waals surface area contributed by atoms with Gasteiger partial charge in [0.25, 0.3) is 0 Å². The minimum Gasteiger partial charge on any atom is -0.414 e. The van der Waals surface area contributed by atoms with Gasteiger partial charge in [-0.2, -0.15) is 8.78 Å².